The Morgan fingerprint density at radius 3 is 2.12 bits per heavy atom. The molecule has 1 rings (SSSR count). The van der Waals surface area contributed by atoms with E-state index in [1.807, 2.05) is 0 Å². The van der Waals surface area contributed by atoms with Crippen molar-refractivity contribution in [3.63, 3.8) is 0 Å². The molecular weight excluding hydrogens is 206 g/mol. The van der Waals surface area contributed by atoms with Gasteiger partial charge in [-0.15, -0.1) is 0 Å². The maximum Gasteiger partial charge on any atom is 0.00696 e. The van der Waals surface area contributed by atoms with E-state index in [0.717, 1.165) is 18.0 Å². The van der Waals surface area contributed by atoms with Crippen molar-refractivity contribution >= 4 is 0 Å². The Hall–Kier alpha value is -0.0400. The number of hydrogen-bond acceptors (Lipinski definition) is 1. The first kappa shape index (κ1) is 15.0. The van der Waals surface area contributed by atoms with E-state index >= 15 is 0 Å². The van der Waals surface area contributed by atoms with Crippen LogP contribution in [0.4, 0.5) is 0 Å². The molecule has 0 radical (unpaired) electrons. The van der Waals surface area contributed by atoms with E-state index in [2.05, 4.69) is 26.1 Å². The Morgan fingerprint density at radius 2 is 1.59 bits per heavy atom. The first-order valence-electron chi connectivity index (χ1n) is 8.06. The molecule has 0 bridgehead atoms. The molecule has 1 nitrogen and oxygen atoms in total. The topological polar surface area (TPSA) is 12.0 Å². The third-order valence-corrected chi connectivity index (χ3v) is 4.44. The summed E-state index contributed by atoms with van der Waals surface area (Å²) in [5.41, 5.74) is 0. The third-order valence-electron chi connectivity index (χ3n) is 4.44. The molecule has 1 fully saturated rings. The maximum atomic E-state index is 3.90. The Bertz CT molecular complexity index is 166. The van der Waals surface area contributed by atoms with Crippen LogP contribution in [-0.4, -0.2) is 12.1 Å². The molecule has 0 heterocycles. The molecule has 1 saturated carbocycles. The molecule has 0 amide bonds. The van der Waals surface area contributed by atoms with Crippen LogP contribution in [0, 0.1) is 5.92 Å². The maximum absolute atomic E-state index is 3.90. The second-order valence-electron chi connectivity index (χ2n) is 5.91. The molecule has 1 N–H and O–H groups in total. The van der Waals surface area contributed by atoms with Crippen LogP contribution in [0.5, 0.6) is 0 Å². The molecule has 1 aliphatic rings. The minimum Gasteiger partial charge on any atom is -0.311 e. The van der Waals surface area contributed by atoms with Crippen molar-refractivity contribution in [2.75, 3.05) is 0 Å². The minimum atomic E-state index is 0.758. The lowest BCUT2D eigenvalue weighted by molar-refractivity contribution is 0.275. The predicted molar refractivity (Wildman–Crippen MR) is 77.4 cm³/mol. The van der Waals surface area contributed by atoms with Crippen LogP contribution >= 0.6 is 0 Å². The average molecular weight is 239 g/mol. The highest BCUT2D eigenvalue weighted by Crippen LogP contribution is 2.28. The predicted octanol–water partition coefficient (Wildman–Crippen LogP) is 4.90. The number of hydrogen-bond donors (Lipinski definition) is 1. The molecule has 0 aliphatic heterocycles. The fraction of sp³-hybridized carbons (Fsp3) is 1.00. The van der Waals surface area contributed by atoms with Crippen molar-refractivity contribution < 1.29 is 0 Å². The summed E-state index contributed by atoms with van der Waals surface area (Å²) in [6.07, 6.45) is 14.1. The summed E-state index contributed by atoms with van der Waals surface area (Å²) >= 11 is 0. The first-order valence-corrected chi connectivity index (χ1v) is 8.06. The van der Waals surface area contributed by atoms with Gasteiger partial charge in [-0.1, -0.05) is 59.3 Å². The Kier molecular flexibility index (Phi) is 7.92. The smallest absolute Gasteiger partial charge is 0.00696 e. The van der Waals surface area contributed by atoms with Gasteiger partial charge in [0.1, 0.15) is 0 Å². The molecule has 1 aliphatic carbocycles. The Labute approximate surface area is 109 Å². The normalized spacial score (nSPS) is 21.4. The van der Waals surface area contributed by atoms with E-state index in [-0.39, 0.29) is 0 Å². The van der Waals surface area contributed by atoms with Crippen LogP contribution in [0.2, 0.25) is 0 Å². The van der Waals surface area contributed by atoms with Crippen molar-refractivity contribution in [3.8, 4) is 0 Å². The average Bonchev–Trinajstić information content (AvgIpc) is 2.38. The lowest BCUT2D eigenvalue weighted by Gasteiger charge is -2.29. The molecule has 1 unspecified atom stereocenters. The second-order valence-corrected chi connectivity index (χ2v) is 5.91. The molecule has 17 heavy (non-hydrogen) atoms. The number of nitrogens with one attached hydrogen (secondary N) is 1. The molecule has 2 atom stereocenters. The zero-order valence-corrected chi connectivity index (χ0v) is 12.3. The highest BCUT2D eigenvalue weighted by Gasteiger charge is 2.19. The van der Waals surface area contributed by atoms with Crippen LogP contribution in [0.15, 0.2) is 0 Å². The van der Waals surface area contributed by atoms with Crippen molar-refractivity contribution in [1.29, 1.82) is 0 Å². The van der Waals surface area contributed by atoms with Gasteiger partial charge in [-0.3, -0.25) is 0 Å². The van der Waals surface area contributed by atoms with Gasteiger partial charge in [0, 0.05) is 12.1 Å². The molecule has 0 aromatic carbocycles. The van der Waals surface area contributed by atoms with Crippen molar-refractivity contribution in [3.05, 3.63) is 0 Å². The highest BCUT2D eigenvalue weighted by atomic mass is 14.9. The SMILES string of the molecule is CCCC(CC)N[C@@H](CC)CC1CCCCC1. The number of rotatable bonds is 8. The van der Waals surface area contributed by atoms with Gasteiger partial charge in [0.05, 0.1) is 0 Å². The van der Waals surface area contributed by atoms with Gasteiger partial charge in [-0.25, -0.2) is 0 Å². The molecule has 0 aromatic rings. The molecule has 1 heteroatoms. The summed E-state index contributed by atoms with van der Waals surface area (Å²) in [6, 6.07) is 1.53. The van der Waals surface area contributed by atoms with E-state index < -0.39 is 0 Å². The van der Waals surface area contributed by atoms with Gasteiger partial charge in [0.25, 0.3) is 0 Å². The van der Waals surface area contributed by atoms with Crippen LogP contribution in [0.1, 0.15) is 85.0 Å². The fourth-order valence-corrected chi connectivity index (χ4v) is 3.26. The van der Waals surface area contributed by atoms with Gasteiger partial charge in [-0.2, -0.15) is 0 Å². The third kappa shape index (κ3) is 5.90. The summed E-state index contributed by atoms with van der Waals surface area (Å²) in [6.45, 7) is 6.96. The lowest BCUT2D eigenvalue weighted by atomic mass is 9.84. The van der Waals surface area contributed by atoms with Crippen molar-refractivity contribution in [1.82, 2.24) is 5.32 Å². The van der Waals surface area contributed by atoms with Gasteiger partial charge in [0.2, 0.25) is 0 Å². The van der Waals surface area contributed by atoms with Crippen LogP contribution in [0.3, 0.4) is 0 Å². The van der Waals surface area contributed by atoms with Gasteiger partial charge in [-0.05, 0) is 31.6 Å². The zero-order valence-electron chi connectivity index (χ0n) is 12.3. The van der Waals surface area contributed by atoms with Gasteiger partial charge in [0.15, 0.2) is 0 Å². The largest absolute Gasteiger partial charge is 0.311 e. The molecular formula is C16H33N. The van der Waals surface area contributed by atoms with E-state index in [4.69, 9.17) is 0 Å². The lowest BCUT2D eigenvalue weighted by Crippen LogP contribution is -2.39. The van der Waals surface area contributed by atoms with E-state index in [1.54, 1.807) is 0 Å². The molecule has 0 spiro atoms. The highest BCUT2D eigenvalue weighted by molar-refractivity contribution is 4.77. The summed E-state index contributed by atoms with van der Waals surface area (Å²) < 4.78 is 0. The molecule has 0 aromatic heterocycles. The summed E-state index contributed by atoms with van der Waals surface area (Å²) in [5, 5.41) is 3.90. The van der Waals surface area contributed by atoms with Crippen molar-refractivity contribution in [2.45, 2.75) is 97.1 Å². The van der Waals surface area contributed by atoms with Gasteiger partial charge >= 0.3 is 0 Å². The second kappa shape index (κ2) is 8.97. The first-order chi connectivity index (χ1) is 8.30. The molecule has 102 valence electrons. The van der Waals surface area contributed by atoms with Crippen molar-refractivity contribution in [2.24, 2.45) is 5.92 Å². The zero-order chi connectivity index (χ0) is 12.5. The van der Waals surface area contributed by atoms with Crippen LogP contribution < -0.4 is 5.32 Å². The Morgan fingerprint density at radius 1 is 0.941 bits per heavy atom. The summed E-state index contributed by atoms with van der Waals surface area (Å²) in [4.78, 5) is 0. The van der Waals surface area contributed by atoms with E-state index in [9.17, 15) is 0 Å². The Balaban J connectivity index is 2.30. The summed E-state index contributed by atoms with van der Waals surface area (Å²) in [5.74, 6) is 1.01. The quantitative estimate of drug-likeness (QED) is 0.635. The van der Waals surface area contributed by atoms with E-state index in [1.165, 1.54) is 64.2 Å². The summed E-state index contributed by atoms with van der Waals surface area (Å²) in [7, 11) is 0. The van der Waals surface area contributed by atoms with Crippen LogP contribution in [0.25, 0.3) is 0 Å². The van der Waals surface area contributed by atoms with E-state index in [0.29, 0.717) is 0 Å². The molecule has 0 saturated heterocycles. The van der Waals surface area contributed by atoms with Gasteiger partial charge < -0.3 is 5.32 Å². The minimum absolute atomic E-state index is 0.758. The monoisotopic (exact) mass is 239 g/mol. The van der Waals surface area contributed by atoms with Crippen LogP contribution in [-0.2, 0) is 0 Å². The fourth-order valence-electron chi connectivity index (χ4n) is 3.26. The standard InChI is InChI=1S/C16H33N/c1-4-10-15(5-2)17-16(6-3)13-14-11-8-7-9-12-14/h14-17H,4-13H2,1-3H3/t15?,16-/m0/s1.